The second kappa shape index (κ2) is 10.9. The average Bonchev–Trinajstić information content (AvgIpc) is 3.21. The van der Waals surface area contributed by atoms with E-state index in [-0.39, 0.29) is 17.6 Å². The lowest BCUT2D eigenvalue weighted by Crippen LogP contribution is -2.52. The van der Waals surface area contributed by atoms with Gasteiger partial charge in [0.15, 0.2) is 0 Å². The summed E-state index contributed by atoms with van der Waals surface area (Å²) in [5.74, 6) is -0.726. The number of esters is 1. The minimum absolute atomic E-state index is 0.177. The zero-order valence-electron chi connectivity index (χ0n) is 19.4. The number of H-pyrrole nitrogens is 1. The number of rotatable bonds is 7. The molecule has 2 aromatic carbocycles. The summed E-state index contributed by atoms with van der Waals surface area (Å²) in [7, 11) is 1.31. The Morgan fingerprint density at radius 2 is 1.88 bits per heavy atom. The molecule has 1 aromatic heterocycles. The van der Waals surface area contributed by atoms with Gasteiger partial charge in [-0.05, 0) is 30.7 Å². The van der Waals surface area contributed by atoms with Crippen molar-refractivity contribution in [1.29, 1.82) is 0 Å². The van der Waals surface area contributed by atoms with Gasteiger partial charge >= 0.3 is 5.97 Å². The van der Waals surface area contributed by atoms with Gasteiger partial charge < -0.3 is 15.0 Å². The van der Waals surface area contributed by atoms with Crippen LogP contribution in [0.25, 0.3) is 17.0 Å². The van der Waals surface area contributed by atoms with E-state index in [0.29, 0.717) is 21.6 Å². The molecule has 8 heteroatoms. The van der Waals surface area contributed by atoms with Crippen molar-refractivity contribution in [2.45, 2.75) is 13.0 Å². The van der Waals surface area contributed by atoms with E-state index in [9.17, 15) is 9.59 Å². The molecular formula is C26H29ClN4O3. The molecule has 0 radical (unpaired) electrons. The van der Waals surface area contributed by atoms with E-state index in [1.165, 1.54) is 12.7 Å². The summed E-state index contributed by atoms with van der Waals surface area (Å²) in [6.07, 6.45) is 4.31. The Kier molecular flexibility index (Phi) is 7.67. The maximum atomic E-state index is 13.1. The molecule has 0 bridgehead atoms. The number of piperazine rings is 1. The predicted octanol–water partition coefficient (Wildman–Crippen LogP) is 4.27. The van der Waals surface area contributed by atoms with Crippen LogP contribution in [0.5, 0.6) is 0 Å². The third kappa shape index (κ3) is 5.50. The summed E-state index contributed by atoms with van der Waals surface area (Å²) in [5.41, 5.74) is 2.49. The second-order valence-electron chi connectivity index (χ2n) is 8.37. The summed E-state index contributed by atoms with van der Waals surface area (Å²) >= 11 is 6.16. The summed E-state index contributed by atoms with van der Waals surface area (Å²) in [5, 5.41) is 4.13. The number of anilines is 1. The van der Waals surface area contributed by atoms with Crippen LogP contribution in [0.15, 0.2) is 54.6 Å². The molecule has 1 fully saturated rings. The molecule has 1 aliphatic rings. The van der Waals surface area contributed by atoms with Gasteiger partial charge in [0, 0.05) is 48.6 Å². The Labute approximate surface area is 204 Å². The Hall–Kier alpha value is -3.13. The Morgan fingerprint density at radius 1 is 1.15 bits per heavy atom. The molecule has 1 atom stereocenters. The highest BCUT2D eigenvalue weighted by Crippen LogP contribution is 2.31. The molecule has 1 amide bonds. The molecule has 7 nitrogen and oxygen atoms in total. The van der Waals surface area contributed by atoms with Gasteiger partial charge in [-0.25, -0.2) is 4.79 Å². The van der Waals surface area contributed by atoms with E-state index in [1.807, 2.05) is 25.1 Å². The van der Waals surface area contributed by atoms with Crippen molar-refractivity contribution < 1.29 is 14.3 Å². The summed E-state index contributed by atoms with van der Waals surface area (Å²) in [6, 6.07) is 15.1. The fraction of sp³-hybridized carbons (Fsp3) is 0.308. The maximum Gasteiger partial charge on any atom is 0.356 e. The Balaban J connectivity index is 1.37. The van der Waals surface area contributed by atoms with E-state index >= 15 is 0 Å². The zero-order chi connectivity index (χ0) is 24.1. The fourth-order valence-electron chi connectivity index (χ4n) is 4.18. The number of aromatic amines is 1. The van der Waals surface area contributed by atoms with Crippen LogP contribution in [0.4, 0.5) is 5.69 Å². The van der Waals surface area contributed by atoms with E-state index < -0.39 is 5.97 Å². The van der Waals surface area contributed by atoms with Crippen LogP contribution >= 0.6 is 11.6 Å². The number of carbonyl (C=O) groups is 2. The molecule has 0 unspecified atom stereocenters. The van der Waals surface area contributed by atoms with Crippen molar-refractivity contribution >= 4 is 46.1 Å². The SMILES string of the molecule is COC(=O)c1[nH]c2ccc(Cl)cc2c1NC(=O)[C@H](C)N1CCN(C/C=C/c2ccccc2)CC1. The van der Waals surface area contributed by atoms with Crippen LogP contribution in [0.1, 0.15) is 23.0 Å². The molecule has 3 aromatic rings. The lowest BCUT2D eigenvalue weighted by atomic mass is 10.1. The Bertz CT molecular complexity index is 1180. The summed E-state index contributed by atoms with van der Waals surface area (Å²) in [4.78, 5) is 33.0. The van der Waals surface area contributed by atoms with Crippen molar-refractivity contribution in [3.63, 3.8) is 0 Å². The first kappa shape index (κ1) is 24.0. The first-order valence-corrected chi connectivity index (χ1v) is 11.7. The van der Waals surface area contributed by atoms with Gasteiger partial charge in [-0.1, -0.05) is 54.1 Å². The number of aromatic nitrogens is 1. The molecule has 2 heterocycles. The van der Waals surface area contributed by atoms with Crippen molar-refractivity contribution in [2.24, 2.45) is 0 Å². The minimum atomic E-state index is -0.549. The molecule has 2 N–H and O–H groups in total. The average molecular weight is 481 g/mol. The highest BCUT2D eigenvalue weighted by atomic mass is 35.5. The van der Waals surface area contributed by atoms with Crippen LogP contribution in [-0.4, -0.2) is 72.5 Å². The first-order valence-electron chi connectivity index (χ1n) is 11.3. The van der Waals surface area contributed by atoms with E-state index in [0.717, 1.165) is 32.7 Å². The summed E-state index contributed by atoms with van der Waals surface area (Å²) < 4.78 is 4.89. The molecule has 0 spiro atoms. The van der Waals surface area contributed by atoms with Crippen molar-refractivity contribution in [1.82, 2.24) is 14.8 Å². The van der Waals surface area contributed by atoms with Crippen LogP contribution in [0, 0.1) is 0 Å². The smallest absolute Gasteiger partial charge is 0.356 e. The van der Waals surface area contributed by atoms with Crippen molar-refractivity contribution in [2.75, 3.05) is 45.2 Å². The van der Waals surface area contributed by atoms with Gasteiger partial charge in [-0.2, -0.15) is 0 Å². The lowest BCUT2D eigenvalue weighted by Gasteiger charge is -2.37. The topological polar surface area (TPSA) is 77.7 Å². The lowest BCUT2D eigenvalue weighted by molar-refractivity contribution is -0.121. The second-order valence-corrected chi connectivity index (χ2v) is 8.81. The molecule has 0 saturated carbocycles. The maximum absolute atomic E-state index is 13.1. The molecule has 34 heavy (non-hydrogen) atoms. The van der Waals surface area contributed by atoms with Crippen molar-refractivity contribution in [3.05, 3.63) is 70.9 Å². The van der Waals surface area contributed by atoms with Gasteiger partial charge in [0.1, 0.15) is 5.69 Å². The molecule has 0 aliphatic carbocycles. The number of nitrogens with zero attached hydrogens (tertiary/aromatic N) is 2. The highest BCUT2D eigenvalue weighted by Gasteiger charge is 2.27. The van der Waals surface area contributed by atoms with Gasteiger partial charge in [0.2, 0.25) is 5.91 Å². The predicted molar refractivity (Wildman–Crippen MR) is 136 cm³/mol. The summed E-state index contributed by atoms with van der Waals surface area (Å²) in [6.45, 7) is 6.11. The number of fused-ring (bicyclic) bond motifs is 1. The number of benzene rings is 2. The quantitative estimate of drug-likeness (QED) is 0.494. The zero-order valence-corrected chi connectivity index (χ0v) is 20.1. The first-order chi connectivity index (χ1) is 16.5. The number of halogens is 1. The standard InChI is InChI=1S/C26H29ClN4O3/c1-18(31-15-13-30(14-16-31)12-6-9-19-7-4-3-5-8-19)25(32)29-23-21-17-20(27)10-11-22(21)28-24(23)26(33)34-2/h3-11,17-18,28H,12-16H2,1-2H3,(H,29,32)/b9-6+/t18-/m0/s1. The number of carbonyl (C=O) groups excluding carboxylic acids is 2. The number of hydrogen-bond donors (Lipinski definition) is 2. The highest BCUT2D eigenvalue weighted by molar-refractivity contribution is 6.31. The van der Waals surface area contributed by atoms with Gasteiger partial charge in [-0.15, -0.1) is 0 Å². The van der Waals surface area contributed by atoms with Crippen LogP contribution in [-0.2, 0) is 9.53 Å². The molecular weight excluding hydrogens is 452 g/mol. The third-order valence-corrected chi connectivity index (χ3v) is 6.44. The monoisotopic (exact) mass is 480 g/mol. The van der Waals surface area contributed by atoms with Crippen LogP contribution in [0.3, 0.4) is 0 Å². The van der Waals surface area contributed by atoms with E-state index in [2.05, 4.69) is 44.4 Å². The van der Waals surface area contributed by atoms with Crippen LogP contribution < -0.4 is 5.32 Å². The van der Waals surface area contributed by atoms with Gasteiger partial charge in [0.05, 0.1) is 18.8 Å². The number of nitrogens with one attached hydrogen (secondary N) is 2. The molecule has 178 valence electrons. The number of hydrogen-bond acceptors (Lipinski definition) is 5. The number of ether oxygens (including phenoxy) is 1. The van der Waals surface area contributed by atoms with Crippen molar-refractivity contribution in [3.8, 4) is 0 Å². The van der Waals surface area contributed by atoms with Crippen LogP contribution in [0.2, 0.25) is 5.02 Å². The minimum Gasteiger partial charge on any atom is -0.464 e. The Morgan fingerprint density at radius 3 is 2.59 bits per heavy atom. The van der Waals surface area contributed by atoms with E-state index in [1.54, 1.807) is 18.2 Å². The molecule has 1 aliphatic heterocycles. The van der Waals surface area contributed by atoms with Gasteiger partial charge in [0.25, 0.3) is 0 Å². The molecule has 4 rings (SSSR count). The largest absolute Gasteiger partial charge is 0.464 e. The number of amides is 1. The number of methoxy groups -OCH3 is 1. The van der Waals surface area contributed by atoms with E-state index in [4.69, 9.17) is 16.3 Å². The normalized spacial score (nSPS) is 16.1. The molecule has 1 saturated heterocycles. The third-order valence-electron chi connectivity index (χ3n) is 6.21. The fourth-order valence-corrected chi connectivity index (χ4v) is 4.35. The van der Waals surface area contributed by atoms with Gasteiger partial charge in [-0.3, -0.25) is 14.6 Å².